The Balaban J connectivity index is 1.48. The third-order valence-electron chi connectivity index (χ3n) is 6.72. The Hall–Kier alpha value is -2.73. The molecular formula is C26H36N4O2. The van der Waals surface area contributed by atoms with Gasteiger partial charge in [0, 0.05) is 57.0 Å². The molecule has 2 aromatic rings. The number of para-hydroxylation sites is 1. The smallest absolute Gasteiger partial charge is 0.194 e. The van der Waals surface area contributed by atoms with E-state index in [4.69, 9.17) is 14.5 Å². The molecule has 0 saturated carbocycles. The molecule has 2 aromatic carbocycles. The third-order valence-corrected chi connectivity index (χ3v) is 6.72. The molecule has 4 rings (SSSR count). The standard InChI is InChI=1S/C26H36N4O2/c1-3-27-25(30-17-15-29(16-18-30)23-7-5-4-6-8-23)28-21-26(13-19-32-20-14-26)22-9-11-24(31-2)12-10-22/h4-12H,3,13-21H2,1-2H3,(H,27,28). The molecule has 2 heterocycles. The lowest BCUT2D eigenvalue weighted by molar-refractivity contribution is 0.0530. The van der Waals surface area contributed by atoms with Crippen LogP contribution < -0.4 is 15.0 Å². The molecule has 0 radical (unpaired) electrons. The fraction of sp³-hybridized carbons (Fsp3) is 0.500. The van der Waals surface area contributed by atoms with Crippen LogP contribution in [0.15, 0.2) is 59.6 Å². The predicted octanol–water partition coefficient (Wildman–Crippen LogP) is 3.53. The Morgan fingerprint density at radius 2 is 1.69 bits per heavy atom. The SMILES string of the molecule is CCNC(=NCC1(c2ccc(OC)cc2)CCOCC1)N1CCN(c2ccccc2)CC1. The lowest BCUT2D eigenvalue weighted by atomic mass is 9.74. The Morgan fingerprint density at radius 1 is 1.00 bits per heavy atom. The van der Waals surface area contributed by atoms with Crippen molar-refractivity contribution in [3.63, 3.8) is 0 Å². The van der Waals surface area contributed by atoms with Crippen molar-refractivity contribution in [3.8, 4) is 5.75 Å². The minimum Gasteiger partial charge on any atom is -0.497 e. The molecule has 0 aromatic heterocycles. The minimum atomic E-state index is 0.0110. The third kappa shape index (κ3) is 5.18. The van der Waals surface area contributed by atoms with Crippen LogP contribution in [-0.4, -0.2) is 70.5 Å². The van der Waals surface area contributed by atoms with Gasteiger partial charge in [0.25, 0.3) is 0 Å². The summed E-state index contributed by atoms with van der Waals surface area (Å²) in [7, 11) is 1.71. The van der Waals surface area contributed by atoms with Crippen LogP contribution in [0.2, 0.25) is 0 Å². The second kappa shape index (κ2) is 10.7. The van der Waals surface area contributed by atoms with Crippen LogP contribution in [-0.2, 0) is 10.2 Å². The monoisotopic (exact) mass is 436 g/mol. The molecule has 1 N–H and O–H groups in total. The topological polar surface area (TPSA) is 49.3 Å². The van der Waals surface area contributed by atoms with Crippen LogP contribution in [0, 0.1) is 0 Å². The van der Waals surface area contributed by atoms with Crippen LogP contribution in [0.1, 0.15) is 25.3 Å². The molecule has 172 valence electrons. The average Bonchev–Trinajstić information content (AvgIpc) is 2.88. The summed E-state index contributed by atoms with van der Waals surface area (Å²) < 4.78 is 11.1. The molecule has 32 heavy (non-hydrogen) atoms. The summed E-state index contributed by atoms with van der Waals surface area (Å²) >= 11 is 0. The highest BCUT2D eigenvalue weighted by Crippen LogP contribution is 2.36. The Labute approximate surface area is 192 Å². The van der Waals surface area contributed by atoms with Gasteiger partial charge in [0.2, 0.25) is 0 Å². The molecule has 2 aliphatic heterocycles. The van der Waals surface area contributed by atoms with Gasteiger partial charge in [-0.25, -0.2) is 0 Å². The minimum absolute atomic E-state index is 0.0110. The fourth-order valence-corrected chi connectivity index (χ4v) is 4.71. The van der Waals surface area contributed by atoms with Crippen LogP contribution in [0.25, 0.3) is 0 Å². The predicted molar refractivity (Wildman–Crippen MR) is 131 cm³/mol. The number of methoxy groups -OCH3 is 1. The molecule has 0 bridgehead atoms. The van der Waals surface area contributed by atoms with Crippen LogP contribution in [0.4, 0.5) is 5.69 Å². The van der Waals surface area contributed by atoms with Crippen LogP contribution >= 0.6 is 0 Å². The number of anilines is 1. The van der Waals surface area contributed by atoms with Gasteiger partial charge < -0.3 is 24.6 Å². The van der Waals surface area contributed by atoms with Crippen molar-refractivity contribution in [3.05, 3.63) is 60.2 Å². The normalized spacial score (nSPS) is 19.0. The molecule has 0 amide bonds. The number of nitrogens with zero attached hydrogens (tertiary/aromatic N) is 3. The molecule has 2 aliphatic rings. The number of piperazine rings is 1. The first-order chi connectivity index (χ1) is 15.7. The van der Waals surface area contributed by atoms with Gasteiger partial charge >= 0.3 is 0 Å². The van der Waals surface area contributed by atoms with Gasteiger partial charge in [-0.15, -0.1) is 0 Å². The van der Waals surface area contributed by atoms with E-state index in [0.717, 1.165) is 77.0 Å². The summed E-state index contributed by atoms with van der Waals surface area (Å²) in [5.74, 6) is 1.92. The van der Waals surface area contributed by atoms with Crippen molar-refractivity contribution in [2.24, 2.45) is 4.99 Å². The van der Waals surface area contributed by atoms with Crippen molar-refractivity contribution in [2.75, 3.05) is 64.5 Å². The molecule has 0 aliphatic carbocycles. The Kier molecular flexibility index (Phi) is 7.53. The second-order valence-corrected chi connectivity index (χ2v) is 8.60. The van der Waals surface area contributed by atoms with Crippen molar-refractivity contribution in [2.45, 2.75) is 25.2 Å². The molecule has 6 heteroatoms. The Morgan fingerprint density at radius 3 is 2.31 bits per heavy atom. The number of hydrogen-bond acceptors (Lipinski definition) is 4. The fourth-order valence-electron chi connectivity index (χ4n) is 4.71. The first kappa shape index (κ1) is 22.5. The lowest BCUT2D eigenvalue weighted by Gasteiger charge is -2.39. The van der Waals surface area contributed by atoms with E-state index in [1.54, 1.807) is 7.11 Å². The average molecular weight is 437 g/mol. The van der Waals surface area contributed by atoms with Gasteiger partial charge in [0.15, 0.2) is 5.96 Å². The zero-order chi connectivity index (χ0) is 22.2. The van der Waals surface area contributed by atoms with Crippen molar-refractivity contribution < 1.29 is 9.47 Å². The number of guanidine groups is 1. The number of ether oxygens (including phenoxy) is 2. The summed E-state index contributed by atoms with van der Waals surface area (Å²) in [5.41, 5.74) is 2.64. The maximum atomic E-state index is 5.71. The van der Waals surface area contributed by atoms with E-state index in [0.29, 0.717) is 0 Å². The highest BCUT2D eigenvalue weighted by molar-refractivity contribution is 5.80. The van der Waals surface area contributed by atoms with Gasteiger partial charge in [-0.05, 0) is 49.6 Å². The highest BCUT2D eigenvalue weighted by atomic mass is 16.5. The van der Waals surface area contributed by atoms with E-state index in [-0.39, 0.29) is 5.41 Å². The summed E-state index contributed by atoms with van der Waals surface area (Å²) in [4.78, 5) is 10.0. The van der Waals surface area contributed by atoms with Crippen molar-refractivity contribution in [1.29, 1.82) is 0 Å². The van der Waals surface area contributed by atoms with Crippen molar-refractivity contribution >= 4 is 11.6 Å². The summed E-state index contributed by atoms with van der Waals surface area (Å²) in [5, 5.41) is 3.54. The number of hydrogen-bond donors (Lipinski definition) is 1. The van der Waals surface area contributed by atoms with Gasteiger partial charge in [-0.2, -0.15) is 0 Å². The van der Waals surface area contributed by atoms with Crippen LogP contribution in [0.3, 0.4) is 0 Å². The van der Waals surface area contributed by atoms with E-state index >= 15 is 0 Å². The zero-order valence-electron chi connectivity index (χ0n) is 19.4. The zero-order valence-corrected chi connectivity index (χ0v) is 19.4. The van der Waals surface area contributed by atoms with Gasteiger partial charge in [0.05, 0.1) is 13.7 Å². The lowest BCUT2D eigenvalue weighted by Crippen LogP contribution is -2.53. The summed E-state index contributed by atoms with van der Waals surface area (Å²) in [6.45, 7) is 9.31. The highest BCUT2D eigenvalue weighted by Gasteiger charge is 2.35. The first-order valence-corrected chi connectivity index (χ1v) is 11.8. The number of benzene rings is 2. The number of aliphatic imine (C=N–C) groups is 1. The van der Waals surface area contributed by atoms with Gasteiger partial charge in [0.1, 0.15) is 5.75 Å². The molecular weight excluding hydrogens is 400 g/mol. The molecule has 2 saturated heterocycles. The van der Waals surface area contributed by atoms with E-state index in [9.17, 15) is 0 Å². The van der Waals surface area contributed by atoms with E-state index in [1.807, 2.05) is 0 Å². The molecule has 0 atom stereocenters. The Bertz CT molecular complexity index is 855. The maximum absolute atomic E-state index is 5.71. The number of rotatable bonds is 6. The van der Waals surface area contributed by atoms with Gasteiger partial charge in [-0.3, -0.25) is 4.99 Å². The van der Waals surface area contributed by atoms with E-state index < -0.39 is 0 Å². The second-order valence-electron chi connectivity index (χ2n) is 8.60. The molecule has 2 fully saturated rings. The molecule has 0 unspecified atom stereocenters. The maximum Gasteiger partial charge on any atom is 0.194 e. The van der Waals surface area contributed by atoms with Crippen LogP contribution in [0.5, 0.6) is 5.75 Å². The molecule has 0 spiro atoms. The van der Waals surface area contributed by atoms with Crippen molar-refractivity contribution in [1.82, 2.24) is 10.2 Å². The summed E-state index contributed by atoms with van der Waals surface area (Å²) in [6, 6.07) is 19.2. The summed E-state index contributed by atoms with van der Waals surface area (Å²) in [6.07, 6.45) is 1.98. The quantitative estimate of drug-likeness (QED) is 0.555. The number of nitrogens with one attached hydrogen (secondary N) is 1. The largest absolute Gasteiger partial charge is 0.497 e. The van der Waals surface area contributed by atoms with E-state index in [2.05, 4.69) is 76.6 Å². The van der Waals surface area contributed by atoms with E-state index in [1.165, 1.54) is 11.3 Å². The molecule has 6 nitrogen and oxygen atoms in total. The first-order valence-electron chi connectivity index (χ1n) is 11.8. The van der Waals surface area contributed by atoms with Gasteiger partial charge in [-0.1, -0.05) is 30.3 Å².